The molecule has 0 unspecified atom stereocenters. The third kappa shape index (κ3) is 2.23. The standard InChI is InChI=1S/C14H19N3O2S/c1-17-12-5-4-10(20(2,18)19)8-11(12)16-13(17)9-14(15)6-3-7-14/h4-5,8H,3,6-7,9,15H2,1-2H3. The molecule has 1 aromatic carbocycles. The quantitative estimate of drug-likeness (QED) is 0.928. The van der Waals surface area contributed by atoms with Gasteiger partial charge in [-0.3, -0.25) is 0 Å². The Morgan fingerprint density at radius 1 is 1.40 bits per heavy atom. The predicted molar refractivity (Wildman–Crippen MR) is 78.3 cm³/mol. The second-order valence-electron chi connectivity index (χ2n) is 5.90. The Kier molecular flexibility index (Phi) is 2.92. The molecule has 1 aliphatic carbocycles. The van der Waals surface area contributed by atoms with Crippen molar-refractivity contribution in [3.05, 3.63) is 24.0 Å². The van der Waals surface area contributed by atoms with Crippen LogP contribution in [0.1, 0.15) is 25.1 Å². The Morgan fingerprint density at radius 2 is 2.10 bits per heavy atom. The van der Waals surface area contributed by atoms with Gasteiger partial charge in [-0.05, 0) is 37.5 Å². The van der Waals surface area contributed by atoms with Gasteiger partial charge < -0.3 is 10.3 Å². The number of aromatic nitrogens is 2. The monoisotopic (exact) mass is 293 g/mol. The lowest BCUT2D eigenvalue weighted by atomic mass is 9.75. The van der Waals surface area contributed by atoms with Crippen molar-refractivity contribution >= 4 is 20.9 Å². The summed E-state index contributed by atoms with van der Waals surface area (Å²) >= 11 is 0. The van der Waals surface area contributed by atoms with E-state index < -0.39 is 9.84 Å². The number of hydrogen-bond donors (Lipinski definition) is 1. The summed E-state index contributed by atoms with van der Waals surface area (Å²) in [6.45, 7) is 0. The highest BCUT2D eigenvalue weighted by Crippen LogP contribution is 2.32. The molecule has 1 aromatic heterocycles. The maximum Gasteiger partial charge on any atom is 0.175 e. The Bertz CT molecular complexity index is 773. The highest BCUT2D eigenvalue weighted by molar-refractivity contribution is 7.90. The number of hydrogen-bond acceptors (Lipinski definition) is 4. The van der Waals surface area contributed by atoms with Gasteiger partial charge in [-0.1, -0.05) is 0 Å². The number of sulfone groups is 1. The van der Waals surface area contributed by atoms with Gasteiger partial charge in [0.25, 0.3) is 0 Å². The van der Waals surface area contributed by atoms with Crippen LogP contribution < -0.4 is 5.73 Å². The van der Waals surface area contributed by atoms with Crippen LogP contribution in [0.3, 0.4) is 0 Å². The molecule has 1 fully saturated rings. The Labute approximate surface area is 118 Å². The van der Waals surface area contributed by atoms with Crippen LogP contribution in [-0.4, -0.2) is 29.8 Å². The largest absolute Gasteiger partial charge is 0.331 e. The van der Waals surface area contributed by atoms with Crippen LogP contribution in [-0.2, 0) is 23.3 Å². The first kappa shape index (κ1) is 13.6. The minimum atomic E-state index is -3.20. The molecule has 20 heavy (non-hydrogen) atoms. The molecule has 0 atom stereocenters. The molecule has 2 N–H and O–H groups in total. The first-order chi connectivity index (χ1) is 9.28. The van der Waals surface area contributed by atoms with Crippen LogP contribution in [0.25, 0.3) is 11.0 Å². The van der Waals surface area contributed by atoms with Crippen molar-refractivity contribution in [2.45, 2.75) is 36.1 Å². The molecule has 3 rings (SSSR count). The molecule has 0 bridgehead atoms. The summed E-state index contributed by atoms with van der Waals surface area (Å²) in [5, 5.41) is 0. The number of aryl methyl sites for hydroxylation is 1. The average Bonchev–Trinajstić information content (AvgIpc) is 2.63. The van der Waals surface area contributed by atoms with Crippen molar-refractivity contribution in [3.8, 4) is 0 Å². The van der Waals surface area contributed by atoms with Gasteiger partial charge in [0.15, 0.2) is 9.84 Å². The van der Waals surface area contributed by atoms with Gasteiger partial charge in [0, 0.05) is 25.3 Å². The van der Waals surface area contributed by atoms with Gasteiger partial charge in [0.2, 0.25) is 0 Å². The van der Waals surface area contributed by atoms with Crippen LogP contribution in [0.15, 0.2) is 23.1 Å². The molecule has 0 aliphatic heterocycles. The molecule has 0 radical (unpaired) electrons. The van der Waals surface area contributed by atoms with Crippen LogP contribution in [0.2, 0.25) is 0 Å². The second-order valence-corrected chi connectivity index (χ2v) is 7.92. The zero-order valence-electron chi connectivity index (χ0n) is 11.8. The van der Waals surface area contributed by atoms with Gasteiger partial charge >= 0.3 is 0 Å². The van der Waals surface area contributed by atoms with E-state index >= 15 is 0 Å². The molecule has 1 saturated carbocycles. The Balaban J connectivity index is 2.05. The second kappa shape index (κ2) is 4.30. The van der Waals surface area contributed by atoms with Crippen molar-refractivity contribution in [3.63, 3.8) is 0 Å². The van der Waals surface area contributed by atoms with Gasteiger partial charge in [-0.2, -0.15) is 0 Å². The van der Waals surface area contributed by atoms with E-state index in [4.69, 9.17) is 5.73 Å². The molecule has 6 heteroatoms. The van der Waals surface area contributed by atoms with E-state index in [1.165, 1.54) is 12.7 Å². The van der Waals surface area contributed by atoms with E-state index in [0.717, 1.165) is 30.6 Å². The van der Waals surface area contributed by atoms with Crippen molar-refractivity contribution in [2.24, 2.45) is 12.8 Å². The zero-order chi connectivity index (χ0) is 14.5. The number of rotatable bonds is 3. The van der Waals surface area contributed by atoms with E-state index in [9.17, 15) is 8.42 Å². The van der Waals surface area contributed by atoms with E-state index in [0.29, 0.717) is 10.4 Å². The summed E-state index contributed by atoms with van der Waals surface area (Å²) in [6.07, 6.45) is 5.20. The van der Waals surface area contributed by atoms with E-state index in [2.05, 4.69) is 4.98 Å². The first-order valence-electron chi connectivity index (χ1n) is 6.73. The van der Waals surface area contributed by atoms with Crippen molar-refractivity contribution < 1.29 is 8.42 Å². The maximum absolute atomic E-state index is 11.6. The first-order valence-corrected chi connectivity index (χ1v) is 8.62. The van der Waals surface area contributed by atoms with Crippen LogP contribution in [0.4, 0.5) is 0 Å². The third-order valence-corrected chi connectivity index (χ3v) is 5.34. The summed E-state index contributed by atoms with van der Waals surface area (Å²) in [5.41, 5.74) is 7.80. The molecule has 108 valence electrons. The smallest absolute Gasteiger partial charge is 0.175 e. The van der Waals surface area contributed by atoms with Gasteiger partial charge in [0.1, 0.15) is 5.82 Å². The fraction of sp³-hybridized carbons (Fsp3) is 0.500. The van der Waals surface area contributed by atoms with Crippen molar-refractivity contribution in [2.75, 3.05) is 6.26 Å². The lowest BCUT2D eigenvalue weighted by molar-refractivity contribution is 0.242. The molecular weight excluding hydrogens is 274 g/mol. The fourth-order valence-electron chi connectivity index (χ4n) is 2.74. The lowest BCUT2D eigenvalue weighted by Gasteiger charge is -2.37. The molecule has 0 spiro atoms. The highest BCUT2D eigenvalue weighted by atomic mass is 32.2. The minimum Gasteiger partial charge on any atom is -0.331 e. The molecule has 2 aromatic rings. The zero-order valence-corrected chi connectivity index (χ0v) is 12.6. The summed E-state index contributed by atoms with van der Waals surface area (Å²) in [5.74, 6) is 0.924. The SMILES string of the molecule is Cn1c(CC2(N)CCC2)nc2cc(S(C)(=O)=O)ccc21. The van der Waals surface area contributed by atoms with Crippen molar-refractivity contribution in [1.82, 2.24) is 9.55 Å². The number of imidazole rings is 1. The summed E-state index contributed by atoms with van der Waals surface area (Å²) in [4.78, 5) is 4.88. The van der Waals surface area contributed by atoms with Gasteiger partial charge in [0.05, 0.1) is 15.9 Å². The molecule has 5 nitrogen and oxygen atoms in total. The number of fused-ring (bicyclic) bond motifs is 1. The maximum atomic E-state index is 11.6. The number of nitrogens with zero attached hydrogens (tertiary/aromatic N) is 2. The fourth-order valence-corrected chi connectivity index (χ4v) is 3.38. The molecule has 1 heterocycles. The van der Waals surface area contributed by atoms with Gasteiger partial charge in [-0.15, -0.1) is 0 Å². The third-order valence-electron chi connectivity index (χ3n) is 4.23. The number of benzene rings is 1. The minimum absolute atomic E-state index is 0.130. The van der Waals surface area contributed by atoms with Crippen LogP contribution in [0, 0.1) is 0 Å². The van der Waals surface area contributed by atoms with E-state index in [1.807, 2.05) is 17.7 Å². The van der Waals surface area contributed by atoms with Crippen LogP contribution in [0.5, 0.6) is 0 Å². The highest BCUT2D eigenvalue weighted by Gasteiger charge is 2.34. The Morgan fingerprint density at radius 3 is 2.65 bits per heavy atom. The molecule has 1 aliphatic rings. The van der Waals surface area contributed by atoms with E-state index in [1.54, 1.807) is 12.1 Å². The Hall–Kier alpha value is -1.40. The summed E-state index contributed by atoms with van der Waals surface area (Å²) in [7, 11) is -1.25. The molecule has 0 saturated heterocycles. The molecular formula is C14H19N3O2S. The van der Waals surface area contributed by atoms with Crippen molar-refractivity contribution in [1.29, 1.82) is 0 Å². The summed E-state index contributed by atoms with van der Waals surface area (Å²) < 4.78 is 25.2. The number of nitrogens with two attached hydrogens (primary N) is 1. The lowest BCUT2D eigenvalue weighted by Crippen LogP contribution is -2.48. The predicted octanol–water partition coefficient (Wildman–Crippen LogP) is 1.40. The average molecular weight is 293 g/mol. The van der Waals surface area contributed by atoms with Crippen LogP contribution >= 0.6 is 0 Å². The topological polar surface area (TPSA) is 78.0 Å². The van der Waals surface area contributed by atoms with Gasteiger partial charge in [-0.25, -0.2) is 13.4 Å². The normalized spacial score (nSPS) is 18.1. The molecule has 0 amide bonds. The van der Waals surface area contributed by atoms with E-state index in [-0.39, 0.29) is 5.54 Å². The summed E-state index contributed by atoms with van der Waals surface area (Å²) in [6, 6.07) is 5.08.